The first-order valence-corrected chi connectivity index (χ1v) is 6.83. The Morgan fingerprint density at radius 1 is 1.25 bits per heavy atom. The number of rotatable bonds is 2. The number of hydrogen-bond acceptors (Lipinski definition) is 4. The fourth-order valence-electron chi connectivity index (χ4n) is 2.59. The van der Waals surface area contributed by atoms with Gasteiger partial charge in [-0.05, 0) is 24.2 Å². The van der Waals surface area contributed by atoms with E-state index in [0.717, 1.165) is 30.9 Å². The van der Waals surface area contributed by atoms with Crippen LogP contribution >= 0.6 is 0 Å². The zero-order valence-electron chi connectivity index (χ0n) is 11.6. The molecule has 0 saturated carbocycles. The molecule has 1 fully saturated rings. The highest BCUT2D eigenvalue weighted by Crippen LogP contribution is 2.28. The molecule has 2 aromatic rings. The summed E-state index contributed by atoms with van der Waals surface area (Å²) in [5.41, 5.74) is 10.1. The van der Waals surface area contributed by atoms with Crippen molar-refractivity contribution in [3.05, 3.63) is 48.3 Å². The summed E-state index contributed by atoms with van der Waals surface area (Å²) in [4.78, 5) is 6.36. The van der Waals surface area contributed by atoms with Gasteiger partial charge >= 0.3 is 0 Å². The van der Waals surface area contributed by atoms with Gasteiger partial charge < -0.3 is 10.5 Å². The molecule has 4 nitrogen and oxygen atoms in total. The second kappa shape index (κ2) is 5.61. The molecule has 1 aromatic carbocycles. The van der Waals surface area contributed by atoms with E-state index in [1.165, 1.54) is 5.56 Å². The van der Waals surface area contributed by atoms with Crippen LogP contribution < -0.4 is 5.73 Å². The van der Waals surface area contributed by atoms with Crippen molar-refractivity contribution in [3.8, 4) is 11.1 Å². The first kappa shape index (κ1) is 13.1. The zero-order valence-corrected chi connectivity index (χ0v) is 11.6. The van der Waals surface area contributed by atoms with Crippen LogP contribution in [0, 0.1) is 0 Å². The van der Waals surface area contributed by atoms with Crippen LogP contribution in [-0.4, -0.2) is 36.7 Å². The molecule has 1 saturated heterocycles. The second-order valence-electron chi connectivity index (χ2n) is 5.16. The fourth-order valence-corrected chi connectivity index (χ4v) is 2.59. The first-order chi connectivity index (χ1) is 9.75. The summed E-state index contributed by atoms with van der Waals surface area (Å²) in [6, 6.07) is 10.8. The average molecular weight is 269 g/mol. The van der Waals surface area contributed by atoms with E-state index in [1.807, 2.05) is 6.07 Å². The molecule has 1 aromatic heterocycles. The average Bonchev–Trinajstić information content (AvgIpc) is 2.49. The minimum Gasteiger partial charge on any atom is -0.397 e. The normalized spacial score (nSPS) is 19.9. The molecule has 0 radical (unpaired) electrons. The molecule has 1 aliphatic heterocycles. The van der Waals surface area contributed by atoms with Crippen molar-refractivity contribution in [3.63, 3.8) is 0 Å². The van der Waals surface area contributed by atoms with Crippen LogP contribution in [0.1, 0.15) is 11.6 Å². The van der Waals surface area contributed by atoms with E-state index >= 15 is 0 Å². The Morgan fingerprint density at radius 2 is 2.05 bits per heavy atom. The van der Waals surface area contributed by atoms with Gasteiger partial charge in [0.2, 0.25) is 0 Å². The summed E-state index contributed by atoms with van der Waals surface area (Å²) in [6.07, 6.45) is 3.45. The Balaban J connectivity index is 1.86. The molecule has 2 N–H and O–H groups in total. The van der Waals surface area contributed by atoms with Crippen molar-refractivity contribution in [2.45, 2.75) is 6.04 Å². The molecule has 0 amide bonds. The maximum atomic E-state index is 5.96. The van der Waals surface area contributed by atoms with Crippen molar-refractivity contribution < 1.29 is 4.74 Å². The fraction of sp³-hybridized carbons (Fsp3) is 0.312. The molecule has 20 heavy (non-hydrogen) atoms. The SMILES string of the molecule is CN1CCOC[C@@H]1c1ccc(-c2ccncc2N)cc1. The van der Waals surface area contributed by atoms with E-state index in [-0.39, 0.29) is 0 Å². The Morgan fingerprint density at radius 3 is 2.75 bits per heavy atom. The van der Waals surface area contributed by atoms with E-state index in [9.17, 15) is 0 Å². The Hall–Kier alpha value is -1.91. The quantitative estimate of drug-likeness (QED) is 0.909. The van der Waals surface area contributed by atoms with Crippen molar-refractivity contribution in [1.29, 1.82) is 0 Å². The maximum absolute atomic E-state index is 5.96. The lowest BCUT2D eigenvalue weighted by molar-refractivity contribution is 0.00506. The van der Waals surface area contributed by atoms with Gasteiger partial charge in [0.25, 0.3) is 0 Å². The summed E-state index contributed by atoms with van der Waals surface area (Å²) >= 11 is 0. The molecule has 4 heteroatoms. The highest BCUT2D eigenvalue weighted by atomic mass is 16.5. The third kappa shape index (κ3) is 2.53. The van der Waals surface area contributed by atoms with E-state index in [1.54, 1.807) is 12.4 Å². The summed E-state index contributed by atoms with van der Waals surface area (Å²) in [5, 5.41) is 0. The number of ether oxygens (including phenoxy) is 1. The summed E-state index contributed by atoms with van der Waals surface area (Å²) in [7, 11) is 2.14. The van der Waals surface area contributed by atoms with Gasteiger partial charge in [0.05, 0.1) is 31.1 Å². The van der Waals surface area contributed by atoms with Gasteiger partial charge in [0.15, 0.2) is 0 Å². The van der Waals surface area contributed by atoms with Gasteiger partial charge in [-0.2, -0.15) is 0 Å². The maximum Gasteiger partial charge on any atom is 0.0664 e. The number of likely N-dealkylation sites (N-methyl/N-ethyl adjacent to an activating group) is 1. The molecule has 3 rings (SSSR count). The Bertz CT molecular complexity index is 583. The van der Waals surface area contributed by atoms with Crippen molar-refractivity contribution in [1.82, 2.24) is 9.88 Å². The van der Waals surface area contributed by atoms with Gasteiger partial charge in [0, 0.05) is 18.3 Å². The Labute approximate surface area is 119 Å². The lowest BCUT2D eigenvalue weighted by atomic mass is 10.00. The van der Waals surface area contributed by atoms with Crippen LogP contribution in [0.4, 0.5) is 5.69 Å². The van der Waals surface area contributed by atoms with Crippen LogP contribution in [-0.2, 0) is 4.74 Å². The molecular formula is C16H19N3O. The van der Waals surface area contributed by atoms with Gasteiger partial charge in [-0.3, -0.25) is 9.88 Å². The molecule has 1 atom stereocenters. The van der Waals surface area contributed by atoms with E-state index in [2.05, 4.69) is 41.2 Å². The van der Waals surface area contributed by atoms with Crippen molar-refractivity contribution >= 4 is 5.69 Å². The lowest BCUT2D eigenvalue weighted by Gasteiger charge is -2.32. The predicted octanol–water partition coefficient (Wildman–Crippen LogP) is 2.33. The molecular weight excluding hydrogens is 250 g/mol. The highest BCUT2D eigenvalue weighted by Gasteiger charge is 2.21. The van der Waals surface area contributed by atoms with Crippen LogP contribution in [0.5, 0.6) is 0 Å². The van der Waals surface area contributed by atoms with E-state index < -0.39 is 0 Å². The summed E-state index contributed by atoms with van der Waals surface area (Å²) in [6.45, 7) is 2.55. The first-order valence-electron chi connectivity index (χ1n) is 6.83. The van der Waals surface area contributed by atoms with Crippen LogP contribution in [0.2, 0.25) is 0 Å². The number of aromatic nitrogens is 1. The number of hydrogen-bond donors (Lipinski definition) is 1. The Kier molecular flexibility index (Phi) is 3.67. The molecule has 1 aliphatic rings. The summed E-state index contributed by atoms with van der Waals surface area (Å²) < 4.78 is 5.57. The van der Waals surface area contributed by atoms with Crippen LogP contribution in [0.25, 0.3) is 11.1 Å². The monoisotopic (exact) mass is 269 g/mol. The lowest BCUT2D eigenvalue weighted by Crippen LogP contribution is -2.36. The second-order valence-corrected chi connectivity index (χ2v) is 5.16. The minimum atomic E-state index is 0.340. The van der Waals surface area contributed by atoms with Crippen molar-refractivity contribution in [2.75, 3.05) is 32.5 Å². The number of pyridine rings is 1. The number of nitrogens with two attached hydrogens (primary N) is 1. The van der Waals surface area contributed by atoms with E-state index in [4.69, 9.17) is 10.5 Å². The molecule has 0 spiro atoms. The van der Waals surface area contributed by atoms with Crippen LogP contribution in [0.3, 0.4) is 0 Å². The van der Waals surface area contributed by atoms with Crippen LogP contribution in [0.15, 0.2) is 42.7 Å². The summed E-state index contributed by atoms with van der Waals surface area (Å²) in [5.74, 6) is 0. The predicted molar refractivity (Wildman–Crippen MR) is 80.3 cm³/mol. The molecule has 2 heterocycles. The number of benzene rings is 1. The van der Waals surface area contributed by atoms with E-state index in [0.29, 0.717) is 11.7 Å². The standard InChI is InChI=1S/C16H19N3O/c1-19-8-9-20-11-16(19)13-4-2-12(3-5-13)14-6-7-18-10-15(14)17/h2-7,10,16H,8-9,11,17H2,1H3/t16-/m1/s1. The number of morpholine rings is 1. The largest absolute Gasteiger partial charge is 0.397 e. The highest BCUT2D eigenvalue weighted by molar-refractivity contribution is 5.75. The molecule has 0 aliphatic carbocycles. The molecule has 0 bridgehead atoms. The molecule has 0 unspecified atom stereocenters. The van der Waals surface area contributed by atoms with Crippen molar-refractivity contribution in [2.24, 2.45) is 0 Å². The number of nitrogens with zero attached hydrogens (tertiary/aromatic N) is 2. The topological polar surface area (TPSA) is 51.4 Å². The third-order valence-corrected chi connectivity index (χ3v) is 3.85. The number of nitrogen functional groups attached to an aromatic ring is 1. The van der Waals surface area contributed by atoms with Gasteiger partial charge in [-0.1, -0.05) is 24.3 Å². The van der Waals surface area contributed by atoms with Gasteiger partial charge in [0.1, 0.15) is 0 Å². The zero-order chi connectivity index (χ0) is 13.9. The minimum absolute atomic E-state index is 0.340. The smallest absolute Gasteiger partial charge is 0.0664 e. The third-order valence-electron chi connectivity index (χ3n) is 3.85. The van der Waals surface area contributed by atoms with Gasteiger partial charge in [-0.25, -0.2) is 0 Å². The van der Waals surface area contributed by atoms with Gasteiger partial charge in [-0.15, -0.1) is 0 Å². The number of anilines is 1. The molecule has 104 valence electrons.